The van der Waals surface area contributed by atoms with E-state index in [1.807, 2.05) is 11.7 Å². The molecule has 1 aromatic heterocycles. The highest BCUT2D eigenvalue weighted by molar-refractivity contribution is 5.50. The molecule has 1 unspecified atom stereocenters. The highest BCUT2D eigenvalue weighted by atomic mass is 15.4. The van der Waals surface area contributed by atoms with E-state index >= 15 is 0 Å². The summed E-state index contributed by atoms with van der Waals surface area (Å²) >= 11 is 0. The zero-order valence-corrected chi connectivity index (χ0v) is 12.5. The standard InChI is InChI=1S/C14H28N4/c1-6-11(3)10-18(7-2)14-13(8-9-15)12(4)16-17(14)5/h11H,6-10,15H2,1-5H3. The van der Waals surface area contributed by atoms with Crippen LogP contribution in [0.25, 0.3) is 0 Å². The summed E-state index contributed by atoms with van der Waals surface area (Å²) < 4.78 is 2.01. The van der Waals surface area contributed by atoms with Gasteiger partial charge < -0.3 is 10.6 Å². The largest absolute Gasteiger partial charge is 0.357 e. The first-order valence-corrected chi connectivity index (χ1v) is 7.02. The molecule has 1 heterocycles. The third-order valence-electron chi connectivity index (χ3n) is 3.62. The number of anilines is 1. The maximum atomic E-state index is 5.72. The number of hydrogen-bond acceptors (Lipinski definition) is 3. The summed E-state index contributed by atoms with van der Waals surface area (Å²) in [4.78, 5) is 2.43. The lowest BCUT2D eigenvalue weighted by molar-refractivity contribution is 0.538. The molecule has 0 aliphatic rings. The van der Waals surface area contributed by atoms with E-state index in [0.29, 0.717) is 12.5 Å². The third kappa shape index (κ3) is 3.25. The third-order valence-corrected chi connectivity index (χ3v) is 3.62. The average Bonchev–Trinajstić information content (AvgIpc) is 2.62. The zero-order chi connectivity index (χ0) is 13.7. The molecule has 1 rings (SSSR count). The fourth-order valence-corrected chi connectivity index (χ4v) is 2.39. The van der Waals surface area contributed by atoms with Gasteiger partial charge in [-0.2, -0.15) is 5.10 Å². The van der Waals surface area contributed by atoms with Crippen LogP contribution in [0.4, 0.5) is 5.82 Å². The predicted octanol–water partition coefficient (Wildman–Crippen LogP) is 2.10. The SMILES string of the molecule is CCC(C)CN(CC)c1c(CCN)c(C)nn1C. The molecule has 0 aliphatic heterocycles. The molecule has 104 valence electrons. The molecular formula is C14H28N4. The van der Waals surface area contributed by atoms with Crippen LogP contribution in [0, 0.1) is 12.8 Å². The molecule has 0 aromatic carbocycles. The lowest BCUT2D eigenvalue weighted by Crippen LogP contribution is -2.30. The molecule has 0 aliphatic carbocycles. The molecule has 1 atom stereocenters. The first-order chi connectivity index (χ1) is 8.54. The molecule has 1 aromatic rings. The minimum atomic E-state index is 0.681. The van der Waals surface area contributed by atoms with Crippen LogP contribution in [0.1, 0.15) is 38.4 Å². The van der Waals surface area contributed by atoms with Crippen LogP contribution in [0.15, 0.2) is 0 Å². The zero-order valence-electron chi connectivity index (χ0n) is 12.5. The quantitative estimate of drug-likeness (QED) is 0.808. The monoisotopic (exact) mass is 252 g/mol. The summed E-state index contributed by atoms with van der Waals surface area (Å²) in [5, 5.41) is 4.55. The highest BCUT2D eigenvalue weighted by Gasteiger charge is 2.18. The van der Waals surface area contributed by atoms with Crippen molar-refractivity contribution in [1.82, 2.24) is 9.78 Å². The molecule has 0 fully saturated rings. The molecule has 18 heavy (non-hydrogen) atoms. The number of aromatic nitrogens is 2. The van der Waals surface area contributed by atoms with E-state index in [2.05, 4.69) is 37.7 Å². The van der Waals surface area contributed by atoms with Gasteiger partial charge in [-0.1, -0.05) is 20.3 Å². The Morgan fingerprint density at radius 2 is 2.06 bits per heavy atom. The second-order valence-corrected chi connectivity index (χ2v) is 5.10. The molecule has 2 N–H and O–H groups in total. The maximum absolute atomic E-state index is 5.72. The molecule has 0 bridgehead atoms. The summed E-state index contributed by atoms with van der Waals surface area (Å²) in [6.07, 6.45) is 2.12. The normalized spacial score (nSPS) is 12.8. The van der Waals surface area contributed by atoms with Gasteiger partial charge in [0.25, 0.3) is 0 Å². The van der Waals surface area contributed by atoms with E-state index in [9.17, 15) is 0 Å². The molecule has 4 nitrogen and oxygen atoms in total. The van der Waals surface area contributed by atoms with Gasteiger partial charge in [-0.3, -0.25) is 4.68 Å². The average molecular weight is 252 g/mol. The van der Waals surface area contributed by atoms with Gasteiger partial charge in [-0.25, -0.2) is 0 Å². The Kier molecular flexibility index (Phi) is 5.66. The van der Waals surface area contributed by atoms with Gasteiger partial charge in [0.05, 0.1) is 5.69 Å². The van der Waals surface area contributed by atoms with Gasteiger partial charge in [-0.15, -0.1) is 0 Å². The number of rotatable bonds is 7. The number of nitrogens with two attached hydrogens (primary N) is 1. The summed E-state index contributed by atoms with van der Waals surface area (Å²) in [5.74, 6) is 1.95. The van der Waals surface area contributed by atoms with Gasteiger partial charge in [0.15, 0.2) is 0 Å². The Hall–Kier alpha value is -1.03. The molecule has 0 spiro atoms. The van der Waals surface area contributed by atoms with Crippen molar-refractivity contribution >= 4 is 5.82 Å². The number of aryl methyl sites for hydroxylation is 2. The van der Waals surface area contributed by atoms with Gasteiger partial charge >= 0.3 is 0 Å². The predicted molar refractivity (Wildman–Crippen MR) is 78.0 cm³/mol. The summed E-state index contributed by atoms with van der Waals surface area (Å²) in [6.45, 7) is 11.6. The van der Waals surface area contributed by atoms with Gasteiger partial charge in [-0.05, 0) is 32.7 Å². The van der Waals surface area contributed by atoms with Gasteiger partial charge in [0.2, 0.25) is 0 Å². The fourth-order valence-electron chi connectivity index (χ4n) is 2.39. The van der Waals surface area contributed by atoms with Crippen molar-refractivity contribution in [3.05, 3.63) is 11.3 Å². The van der Waals surface area contributed by atoms with Crippen LogP contribution in [-0.4, -0.2) is 29.4 Å². The topological polar surface area (TPSA) is 47.1 Å². The van der Waals surface area contributed by atoms with Gasteiger partial charge in [0, 0.05) is 25.7 Å². The Morgan fingerprint density at radius 3 is 2.56 bits per heavy atom. The lowest BCUT2D eigenvalue weighted by atomic mass is 10.1. The van der Waals surface area contributed by atoms with Crippen LogP contribution < -0.4 is 10.6 Å². The minimum Gasteiger partial charge on any atom is -0.357 e. The van der Waals surface area contributed by atoms with Crippen molar-refractivity contribution < 1.29 is 0 Å². The summed E-state index contributed by atoms with van der Waals surface area (Å²) in [7, 11) is 2.03. The van der Waals surface area contributed by atoms with E-state index < -0.39 is 0 Å². The van der Waals surface area contributed by atoms with Crippen molar-refractivity contribution in [3.8, 4) is 0 Å². The van der Waals surface area contributed by atoms with E-state index in [1.165, 1.54) is 17.8 Å². The summed E-state index contributed by atoms with van der Waals surface area (Å²) in [5.41, 5.74) is 8.14. The Bertz CT molecular complexity index is 370. The second kappa shape index (κ2) is 6.78. The number of hydrogen-bond donors (Lipinski definition) is 1. The molecule has 0 radical (unpaired) electrons. The first kappa shape index (κ1) is 15.0. The number of nitrogens with zero attached hydrogens (tertiary/aromatic N) is 3. The molecule has 0 saturated carbocycles. The molecule has 4 heteroatoms. The maximum Gasteiger partial charge on any atom is 0.130 e. The fraction of sp³-hybridized carbons (Fsp3) is 0.786. The molecule has 0 saturated heterocycles. The molecule has 0 amide bonds. The molecular weight excluding hydrogens is 224 g/mol. The van der Waals surface area contributed by atoms with Crippen molar-refractivity contribution in [1.29, 1.82) is 0 Å². The Labute approximate surface area is 111 Å². The van der Waals surface area contributed by atoms with Crippen LogP contribution in [0.2, 0.25) is 0 Å². The Balaban J connectivity index is 3.03. The van der Waals surface area contributed by atoms with Crippen molar-refractivity contribution in [2.24, 2.45) is 18.7 Å². The second-order valence-electron chi connectivity index (χ2n) is 5.10. The van der Waals surface area contributed by atoms with Crippen LogP contribution in [-0.2, 0) is 13.5 Å². The minimum absolute atomic E-state index is 0.681. The Morgan fingerprint density at radius 1 is 1.39 bits per heavy atom. The van der Waals surface area contributed by atoms with Crippen molar-refractivity contribution in [2.75, 3.05) is 24.5 Å². The van der Waals surface area contributed by atoms with E-state index in [0.717, 1.165) is 25.2 Å². The lowest BCUT2D eigenvalue weighted by Gasteiger charge is -2.27. The smallest absolute Gasteiger partial charge is 0.130 e. The van der Waals surface area contributed by atoms with E-state index in [1.54, 1.807) is 0 Å². The van der Waals surface area contributed by atoms with Crippen LogP contribution in [0.5, 0.6) is 0 Å². The van der Waals surface area contributed by atoms with Crippen LogP contribution >= 0.6 is 0 Å². The highest BCUT2D eigenvalue weighted by Crippen LogP contribution is 2.24. The van der Waals surface area contributed by atoms with E-state index in [4.69, 9.17) is 5.73 Å². The van der Waals surface area contributed by atoms with Crippen molar-refractivity contribution in [3.63, 3.8) is 0 Å². The summed E-state index contributed by atoms with van der Waals surface area (Å²) in [6, 6.07) is 0. The van der Waals surface area contributed by atoms with E-state index in [-0.39, 0.29) is 0 Å². The van der Waals surface area contributed by atoms with Gasteiger partial charge in [0.1, 0.15) is 5.82 Å². The van der Waals surface area contributed by atoms with Crippen LogP contribution in [0.3, 0.4) is 0 Å². The first-order valence-electron chi connectivity index (χ1n) is 7.02. The van der Waals surface area contributed by atoms with Crippen molar-refractivity contribution in [2.45, 2.75) is 40.5 Å².